The van der Waals surface area contributed by atoms with Crippen molar-refractivity contribution in [2.45, 2.75) is 19.5 Å². The second kappa shape index (κ2) is 8.60. The van der Waals surface area contributed by atoms with Crippen LogP contribution in [0.5, 0.6) is 0 Å². The molecular weight excluding hydrogens is 456 g/mol. The number of aromatic nitrogens is 5. The molecule has 2 amide bonds. The molecule has 1 atom stereocenters. The summed E-state index contributed by atoms with van der Waals surface area (Å²) in [7, 11) is 0. The van der Waals surface area contributed by atoms with Crippen molar-refractivity contribution in [1.29, 1.82) is 0 Å². The predicted molar refractivity (Wildman–Crippen MR) is 124 cm³/mol. The number of carbonyl (C=O) groups excluding carboxylic acids is 2. The average molecular weight is 475 g/mol. The van der Waals surface area contributed by atoms with Crippen molar-refractivity contribution in [3.8, 4) is 11.3 Å². The van der Waals surface area contributed by atoms with E-state index in [0.717, 1.165) is 4.57 Å². The zero-order chi connectivity index (χ0) is 24.7. The Hall–Kier alpha value is -4.67. The molecule has 3 N–H and O–H groups in total. The highest BCUT2D eigenvalue weighted by atomic mass is 19.3. The third-order valence-corrected chi connectivity index (χ3v) is 5.59. The number of rotatable bonds is 6. The molecule has 0 radical (unpaired) electrons. The molecule has 9 nitrogen and oxygen atoms in total. The van der Waals surface area contributed by atoms with E-state index < -0.39 is 24.4 Å². The zero-order valence-corrected chi connectivity index (χ0v) is 18.4. The number of nitrogens with zero attached hydrogens (tertiary/aromatic N) is 5. The van der Waals surface area contributed by atoms with Crippen molar-refractivity contribution in [3.63, 3.8) is 0 Å². The fourth-order valence-electron chi connectivity index (χ4n) is 3.98. The number of hydrogen-bond acceptors (Lipinski definition) is 5. The van der Waals surface area contributed by atoms with Crippen LogP contribution < -0.4 is 11.1 Å². The molecule has 0 fully saturated rings. The van der Waals surface area contributed by atoms with Crippen LogP contribution in [0.4, 0.5) is 8.78 Å². The van der Waals surface area contributed by atoms with Crippen molar-refractivity contribution in [2.75, 3.05) is 0 Å². The lowest BCUT2D eigenvalue weighted by Gasteiger charge is -2.17. The number of primary amides is 1. The molecule has 5 aromatic rings. The number of imidazole rings is 2. The molecule has 35 heavy (non-hydrogen) atoms. The lowest BCUT2D eigenvalue weighted by Crippen LogP contribution is -2.30. The minimum atomic E-state index is -2.85. The number of hydrogen-bond donors (Lipinski definition) is 2. The summed E-state index contributed by atoms with van der Waals surface area (Å²) in [5, 5.41) is 2.73. The molecule has 2 aromatic carbocycles. The second-order valence-electron chi connectivity index (χ2n) is 7.85. The van der Waals surface area contributed by atoms with E-state index in [1.165, 1.54) is 16.8 Å². The number of halogens is 2. The van der Waals surface area contributed by atoms with Gasteiger partial charge < -0.3 is 11.1 Å². The molecule has 0 saturated heterocycles. The third kappa shape index (κ3) is 3.86. The molecule has 5 rings (SSSR count). The molecule has 0 bridgehead atoms. The first-order valence-corrected chi connectivity index (χ1v) is 10.6. The minimum absolute atomic E-state index is 0.00610. The van der Waals surface area contributed by atoms with Crippen molar-refractivity contribution < 1.29 is 18.4 Å². The van der Waals surface area contributed by atoms with Gasteiger partial charge in [0.1, 0.15) is 17.8 Å². The number of amides is 2. The van der Waals surface area contributed by atoms with Crippen molar-refractivity contribution in [2.24, 2.45) is 5.73 Å². The first-order valence-electron chi connectivity index (χ1n) is 10.6. The summed E-state index contributed by atoms with van der Waals surface area (Å²) in [6, 6.07) is 16.2. The Labute approximate surface area is 197 Å². The summed E-state index contributed by atoms with van der Waals surface area (Å²) in [6.07, 6.45) is 1.27. The van der Waals surface area contributed by atoms with Crippen LogP contribution in [0.25, 0.3) is 27.9 Å². The van der Waals surface area contributed by atoms with E-state index in [9.17, 15) is 18.4 Å². The van der Waals surface area contributed by atoms with Gasteiger partial charge in [-0.2, -0.15) is 8.78 Å². The van der Waals surface area contributed by atoms with Gasteiger partial charge in [-0.05, 0) is 25.1 Å². The second-order valence-corrected chi connectivity index (χ2v) is 7.85. The molecule has 11 heteroatoms. The maximum atomic E-state index is 13.9. The fraction of sp³-hybridized carbons (Fsp3) is 0.125. The molecule has 1 unspecified atom stereocenters. The van der Waals surface area contributed by atoms with E-state index in [-0.39, 0.29) is 28.4 Å². The summed E-state index contributed by atoms with van der Waals surface area (Å²) >= 11 is 0. The molecule has 0 aliphatic rings. The third-order valence-electron chi connectivity index (χ3n) is 5.59. The van der Waals surface area contributed by atoms with Crippen LogP contribution in [0.15, 0.2) is 67.0 Å². The Kier molecular flexibility index (Phi) is 5.44. The van der Waals surface area contributed by atoms with Gasteiger partial charge >= 0.3 is 6.55 Å². The van der Waals surface area contributed by atoms with E-state index in [1.54, 1.807) is 43.3 Å². The van der Waals surface area contributed by atoms with Gasteiger partial charge in [0, 0.05) is 5.56 Å². The number of nitrogens with two attached hydrogens (primary N) is 1. The lowest BCUT2D eigenvalue weighted by molar-refractivity contribution is 0.0687. The topological polar surface area (TPSA) is 120 Å². The Morgan fingerprint density at radius 2 is 1.74 bits per heavy atom. The van der Waals surface area contributed by atoms with E-state index >= 15 is 0 Å². The minimum Gasteiger partial charge on any atom is -0.364 e. The monoisotopic (exact) mass is 475 g/mol. The van der Waals surface area contributed by atoms with Crippen LogP contribution in [-0.4, -0.2) is 35.7 Å². The summed E-state index contributed by atoms with van der Waals surface area (Å²) in [6.45, 7) is -1.28. The van der Waals surface area contributed by atoms with Crippen LogP contribution in [0, 0.1) is 0 Å². The van der Waals surface area contributed by atoms with Crippen LogP contribution >= 0.6 is 0 Å². The van der Waals surface area contributed by atoms with Gasteiger partial charge in [-0.3, -0.25) is 18.6 Å². The molecule has 0 saturated carbocycles. The summed E-state index contributed by atoms with van der Waals surface area (Å²) in [4.78, 5) is 38.0. The van der Waals surface area contributed by atoms with Crippen molar-refractivity contribution >= 4 is 28.5 Å². The van der Waals surface area contributed by atoms with Crippen molar-refractivity contribution in [1.82, 2.24) is 29.2 Å². The highest BCUT2D eigenvalue weighted by Crippen LogP contribution is 2.27. The largest absolute Gasteiger partial charge is 0.364 e. The lowest BCUT2D eigenvalue weighted by atomic mass is 10.1. The van der Waals surface area contributed by atoms with E-state index in [0.29, 0.717) is 16.8 Å². The molecule has 176 valence electrons. The molecule has 3 aromatic heterocycles. The first kappa shape index (κ1) is 22.1. The number of nitrogens with one attached hydrogen (secondary N) is 1. The van der Waals surface area contributed by atoms with Gasteiger partial charge in [0.15, 0.2) is 11.3 Å². The summed E-state index contributed by atoms with van der Waals surface area (Å²) in [5.74, 6) is -1.38. The van der Waals surface area contributed by atoms with Gasteiger partial charge in [-0.25, -0.2) is 15.0 Å². The Bertz CT molecular complexity index is 1580. The predicted octanol–water partition coefficient (Wildman–Crippen LogP) is 3.73. The number of benzene rings is 2. The van der Waals surface area contributed by atoms with Gasteiger partial charge in [0.2, 0.25) is 0 Å². The number of alkyl halides is 2. The van der Waals surface area contributed by atoms with Gasteiger partial charge in [0.25, 0.3) is 11.8 Å². The van der Waals surface area contributed by atoms with Crippen LogP contribution in [0.1, 0.15) is 46.3 Å². The van der Waals surface area contributed by atoms with E-state index in [4.69, 9.17) is 5.73 Å². The first-order chi connectivity index (χ1) is 16.8. The van der Waals surface area contributed by atoms with Crippen LogP contribution in [0.3, 0.4) is 0 Å². The molecular formula is C24H19F2N7O2. The smallest absolute Gasteiger partial charge is 0.320 e. The number of carbonyl (C=O) groups is 2. The maximum Gasteiger partial charge on any atom is 0.320 e. The van der Waals surface area contributed by atoms with Crippen LogP contribution in [0.2, 0.25) is 0 Å². The highest BCUT2D eigenvalue weighted by molar-refractivity contribution is 5.99. The van der Waals surface area contributed by atoms with E-state index in [1.807, 2.05) is 18.2 Å². The van der Waals surface area contributed by atoms with Gasteiger partial charge in [0.05, 0.1) is 22.8 Å². The van der Waals surface area contributed by atoms with E-state index in [2.05, 4.69) is 20.3 Å². The molecule has 3 heterocycles. The number of para-hydroxylation sites is 2. The Morgan fingerprint density at radius 1 is 1.03 bits per heavy atom. The van der Waals surface area contributed by atoms with Crippen molar-refractivity contribution in [3.05, 3.63) is 84.2 Å². The Morgan fingerprint density at radius 3 is 2.46 bits per heavy atom. The van der Waals surface area contributed by atoms with Gasteiger partial charge in [-0.15, -0.1) is 0 Å². The summed E-state index contributed by atoms with van der Waals surface area (Å²) in [5.41, 5.74) is 7.32. The van der Waals surface area contributed by atoms with Gasteiger partial charge in [-0.1, -0.05) is 42.5 Å². The van der Waals surface area contributed by atoms with Crippen LogP contribution in [-0.2, 0) is 0 Å². The summed E-state index contributed by atoms with van der Waals surface area (Å²) < 4.78 is 29.9. The number of fused-ring (bicyclic) bond motifs is 2. The molecule has 0 aliphatic carbocycles. The average Bonchev–Trinajstić information content (AvgIpc) is 3.46. The fourth-order valence-corrected chi connectivity index (χ4v) is 3.98. The quantitative estimate of drug-likeness (QED) is 0.388. The zero-order valence-electron chi connectivity index (χ0n) is 18.4. The molecule has 0 spiro atoms. The maximum absolute atomic E-state index is 13.9. The standard InChI is InChI=1S/C24H19F2N7O2/c1-13(21-30-15-9-5-6-10-17(15)33(21)24(25)26)29-23(35)18-11-16(14-7-3-2-4-8-14)31-22-19(20(27)34)28-12-32(18)22/h2-13,24H,1H3,(H2,27,34)(H,29,35). The normalized spacial score (nSPS) is 12.3. The highest BCUT2D eigenvalue weighted by Gasteiger charge is 2.25. The molecule has 0 aliphatic heterocycles. The Balaban J connectivity index is 1.58. The SMILES string of the molecule is CC(NC(=O)c1cc(-c2ccccc2)nc2c(C(N)=O)ncn12)c1nc2ccccc2n1C(F)F.